The SMILES string of the molecule is CC(C)(C)CCN1CCN(CC(=O)OC(C)(C)C)CCN(C(CCC(=O)NCCCOc2ccc(CCNC(=O)OC(C)(C)C)cc2)C(=O)OC(C)(C)C)CC1. The molecule has 0 saturated carbocycles. The summed E-state index contributed by atoms with van der Waals surface area (Å²) < 4.78 is 22.7. The Hall–Kier alpha value is -3.42. The number of alkyl carbamates (subject to hydrolysis) is 1. The summed E-state index contributed by atoms with van der Waals surface area (Å²) in [6, 6.07) is 7.09. The number of esters is 2. The Morgan fingerprint density at radius 3 is 1.86 bits per heavy atom. The zero-order valence-electron chi connectivity index (χ0n) is 36.8. The molecule has 1 aliphatic rings. The highest BCUT2D eigenvalue weighted by atomic mass is 16.6. The Bertz CT molecular complexity index is 1360. The molecule has 0 radical (unpaired) electrons. The van der Waals surface area contributed by atoms with Crippen molar-refractivity contribution in [2.45, 2.75) is 138 Å². The van der Waals surface area contributed by atoms with Crippen LogP contribution in [0.1, 0.15) is 114 Å². The monoisotopic (exact) mass is 790 g/mol. The number of amides is 2. The summed E-state index contributed by atoms with van der Waals surface area (Å²) in [5, 5.41) is 5.75. The maximum atomic E-state index is 13.8. The van der Waals surface area contributed by atoms with Crippen molar-refractivity contribution >= 4 is 23.9 Å². The summed E-state index contributed by atoms with van der Waals surface area (Å²) in [4.78, 5) is 58.2. The first-order chi connectivity index (χ1) is 25.9. The van der Waals surface area contributed by atoms with Crippen molar-refractivity contribution in [3.8, 4) is 5.75 Å². The van der Waals surface area contributed by atoms with Crippen LogP contribution in [0.4, 0.5) is 4.79 Å². The van der Waals surface area contributed by atoms with Crippen LogP contribution in [0.3, 0.4) is 0 Å². The molecule has 13 heteroatoms. The van der Waals surface area contributed by atoms with Gasteiger partial charge in [-0.05, 0) is 118 Å². The van der Waals surface area contributed by atoms with Gasteiger partial charge in [-0.2, -0.15) is 0 Å². The van der Waals surface area contributed by atoms with E-state index in [1.807, 2.05) is 86.6 Å². The average molecular weight is 790 g/mol. The number of nitrogens with one attached hydrogen (secondary N) is 2. The summed E-state index contributed by atoms with van der Waals surface area (Å²) in [6.07, 6.45) is 2.35. The molecule has 320 valence electrons. The third-order valence-electron chi connectivity index (χ3n) is 8.77. The molecule has 0 bridgehead atoms. The molecule has 2 N–H and O–H groups in total. The van der Waals surface area contributed by atoms with Crippen molar-refractivity contribution in [1.82, 2.24) is 25.3 Å². The minimum atomic E-state index is -0.683. The molecular formula is C43H75N5O8. The van der Waals surface area contributed by atoms with Crippen LogP contribution in [-0.2, 0) is 35.0 Å². The Morgan fingerprint density at radius 2 is 1.27 bits per heavy atom. The Morgan fingerprint density at radius 1 is 0.696 bits per heavy atom. The molecule has 0 spiro atoms. The lowest BCUT2D eigenvalue weighted by Gasteiger charge is -2.34. The van der Waals surface area contributed by atoms with Crippen molar-refractivity contribution in [2.24, 2.45) is 5.41 Å². The molecule has 2 amide bonds. The molecular weight excluding hydrogens is 714 g/mol. The molecule has 1 aliphatic heterocycles. The van der Waals surface area contributed by atoms with Gasteiger partial charge in [-0.1, -0.05) is 32.9 Å². The quantitative estimate of drug-likeness (QED) is 0.112. The average Bonchev–Trinajstić information content (AvgIpc) is 3.12. The van der Waals surface area contributed by atoms with Crippen LogP contribution < -0.4 is 15.4 Å². The number of carbonyl (C=O) groups excluding carboxylic acids is 4. The van der Waals surface area contributed by atoms with Gasteiger partial charge in [-0.15, -0.1) is 0 Å². The molecule has 1 aromatic rings. The summed E-state index contributed by atoms with van der Waals surface area (Å²) >= 11 is 0. The maximum absolute atomic E-state index is 13.8. The maximum Gasteiger partial charge on any atom is 0.407 e. The lowest BCUT2D eigenvalue weighted by molar-refractivity contribution is -0.162. The molecule has 1 unspecified atom stereocenters. The molecule has 56 heavy (non-hydrogen) atoms. The van der Waals surface area contributed by atoms with E-state index in [2.05, 4.69) is 46.1 Å². The zero-order chi connectivity index (χ0) is 42.2. The van der Waals surface area contributed by atoms with Crippen LogP contribution in [0.25, 0.3) is 0 Å². The molecule has 2 rings (SSSR count). The van der Waals surface area contributed by atoms with Crippen LogP contribution in [0.5, 0.6) is 5.75 Å². The van der Waals surface area contributed by atoms with Crippen LogP contribution in [-0.4, -0.2) is 134 Å². The van der Waals surface area contributed by atoms with Crippen molar-refractivity contribution in [3.05, 3.63) is 29.8 Å². The lowest BCUT2D eigenvalue weighted by atomic mass is 9.92. The largest absolute Gasteiger partial charge is 0.494 e. The second-order valence-electron chi connectivity index (χ2n) is 19.0. The predicted octanol–water partition coefficient (Wildman–Crippen LogP) is 5.83. The molecule has 0 aromatic heterocycles. The minimum absolute atomic E-state index is 0.134. The van der Waals surface area contributed by atoms with E-state index < -0.39 is 28.9 Å². The van der Waals surface area contributed by atoms with Gasteiger partial charge < -0.3 is 34.5 Å². The van der Waals surface area contributed by atoms with Gasteiger partial charge in [0.1, 0.15) is 28.6 Å². The van der Waals surface area contributed by atoms with Gasteiger partial charge >= 0.3 is 18.0 Å². The lowest BCUT2D eigenvalue weighted by Crippen LogP contribution is -2.49. The molecule has 13 nitrogen and oxygen atoms in total. The fourth-order valence-electron chi connectivity index (χ4n) is 5.94. The van der Waals surface area contributed by atoms with Gasteiger partial charge in [0.25, 0.3) is 0 Å². The minimum Gasteiger partial charge on any atom is -0.494 e. The Labute approximate surface area is 337 Å². The molecule has 1 atom stereocenters. The van der Waals surface area contributed by atoms with Crippen LogP contribution >= 0.6 is 0 Å². The molecule has 1 heterocycles. The van der Waals surface area contributed by atoms with Crippen LogP contribution in [0.15, 0.2) is 24.3 Å². The van der Waals surface area contributed by atoms with Crippen molar-refractivity contribution < 1.29 is 38.1 Å². The van der Waals surface area contributed by atoms with Gasteiger partial charge in [-0.3, -0.25) is 24.2 Å². The van der Waals surface area contributed by atoms with Crippen molar-refractivity contribution in [2.75, 3.05) is 72.1 Å². The van der Waals surface area contributed by atoms with E-state index in [0.29, 0.717) is 65.1 Å². The standard InChI is InChI=1S/C43H75N5O8/c1-40(2,3)21-24-46-25-26-47(32-37(50)54-41(4,5)6)28-30-48(29-27-46)35(38(51)55-42(7,8)9)18-19-36(49)44-22-13-31-53-34-16-14-33(15-17-34)20-23-45-39(52)56-43(10,11)12/h14-17,35H,13,18-32H2,1-12H3,(H,44,49)(H,45,52). The first-order valence-electron chi connectivity index (χ1n) is 20.5. The van der Waals surface area contributed by atoms with E-state index in [0.717, 1.165) is 37.4 Å². The second-order valence-corrected chi connectivity index (χ2v) is 19.0. The Balaban J connectivity index is 1.97. The summed E-state index contributed by atoms with van der Waals surface area (Å²) in [5.74, 6) is -0.0189. The molecule has 0 aliphatic carbocycles. The van der Waals surface area contributed by atoms with E-state index >= 15 is 0 Å². The number of nitrogens with zero attached hydrogens (tertiary/aromatic N) is 3. The smallest absolute Gasteiger partial charge is 0.407 e. The fourth-order valence-corrected chi connectivity index (χ4v) is 5.94. The van der Waals surface area contributed by atoms with E-state index in [1.165, 1.54) is 0 Å². The predicted molar refractivity (Wildman–Crippen MR) is 221 cm³/mol. The van der Waals surface area contributed by atoms with E-state index in [1.54, 1.807) is 0 Å². The van der Waals surface area contributed by atoms with Gasteiger partial charge in [0.2, 0.25) is 5.91 Å². The van der Waals surface area contributed by atoms with E-state index in [4.69, 9.17) is 18.9 Å². The third kappa shape index (κ3) is 23.0. The van der Waals surface area contributed by atoms with Gasteiger partial charge in [0.15, 0.2) is 0 Å². The fraction of sp³-hybridized carbons (Fsp3) is 0.767. The molecule has 1 aromatic carbocycles. The Kier molecular flexibility index (Phi) is 19.6. The highest BCUT2D eigenvalue weighted by molar-refractivity contribution is 5.79. The first-order valence-corrected chi connectivity index (χ1v) is 20.5. The normalized spacial score (nSPS) is 16.1. The highest BCUT2D eigenvalue weighted by Gasteiger charge is 2.32. The summed E-state index contributed by atoms with van der Waals surface area (Å²) in [7, 11) is 0. The van der Waals surface area contributed by atoms with Crippen molar-refractivity contribution in [3.63, 3.8) is 0 Å². The summed E-state index contributed by atoms with van der Waals surface area (Å²) in [5.41, 5.74) is -0.558. The topological polar surface area (TPSA) is 139 Å². The number of benzene rings is 1. The molecule has 1 saturated heterocycles. The third-order valence-corrected chi connectivity index (χ3v) is 8.77. The van der Waals surface area contributed by atoms with Crippen molar-refractivity contribution in [1.29, 1.82) is 0 Å². The number of carbonyl (C=O) groups is 4. The van der Waals surface area contributed by atoms with Gasteiger partial charge in [0.05, 0.1) is 13.2 Å². The first kappa shape index (κ1) is 48.7. The zero-order valence-corrected chi connectivity index (χ0v) is 36.8. The highest BCUT2D eigenvalue weighted by Crippen LogP contribution is 2.21. The van der Waals surface area contributed by atoms with Gasteiger partial charge in [0, 0.05) is 58.8 Å². The van der Waals surface area contributed by atoms with Crippen LogP contribution in [0.2, 0.25) is 0 Å². The second kappa shape index (κ2) is 22.5. The van der Waals surface area contributed by atoms with Crippen LogP contribution in [0, 0.1) is 5.41 Å². The van der Waals surface area contributed by atoms with E-state index in [9.17, 15) is 19.2 Å². The molecule has 1 fully saturated rings. The number of rotatable bonds is 17. The van der Waals surface area contributed by atoms with Gasteiger partial charge in [-0.25, -0.2) is 4.79 Å². The summed E-state index contributed by atoms with van der Waals surface area (Å²) in [6.45, 7) is 29.8. The van der Waals surface area contributed by atoms with E-state index in [-0.39, 0.29) is 36.2 Å². The number of ether oxygens (including phenoxy) is 4. The number of hydrogen-bond donors (Lipinski definition) is 2. The number of hydrogen-bond acceptors (Lipinski definition) is 11.